The lowest BCUT2D eigenvalue weighted by Crippen LogP contribution is -2.33. The topological polar surface area (TPSA) is 33.1 Å². The first-order valence-electron chi connectivity index (χ1n) is 7.84. The minimum Gasteiger partial charge on any atom is -0.308 e. The SMILES string of the molecule is CCCNC(c1c(Br)cnn1CCN(C)C)C1CCCS1. The molecule has 0 amide bonds. The van der Waals surface area contributed by atoms with Crippen molar-refractivity contribution in [2.75, 3.05) is 32.9 Å². The van der Waals surface area contributed by atoms with E-state index in [-0.39, 0.29) is 0 Å². The molecule has 4 nitrogen and oxygen atoms in total. The van der Waals surface area contributed by atoms with Crippen LogP contribution < -0.4 is 5.32 Å². The Balaban J connectivity index is 2.18. The van der Waals surface area contributed by atoms with Gasteiger partial charge in [-0.05, 0) is 61.6 Å². The van der Waals surface area contributed by atoms with Crippen LogP contribution in [0.25, 0.3) is 0 Å². The quantitative estimate of drug-likeness (QED) is 0.757. The minimum atomic E-state index is 0.400. The van der Waals surface area contributed by atoms with Crippen molar-refractivity contribution in [2.24, 2.45) is 0 Å². The Morgan fingerprint density at radius 1 is 1.57 bits per heavy atom. The molecule has 0 radical (unpaired) electrons. The molecule has 1 saturated heterocycles. The zero-order valence-corrected chi connectivity index (χ0v) is 15.7. The molecule has 2 atom stereocenters. The Hall–Kier alpha value is -0.0400. The number of thioether (sulfide) groups is 1. The lowest BCUT2D eigenvalue weighted by atomic mass is 10.1. The molecule has 2 unspecified atom stereocenters. The predicted molar refractivity (Wildman–Crippen MR) is 95.0 cm³/mol. The number of nitrogens with one attached hydrogen (secondary N) is 1. The van der Waals surface area contributed by atoms with Gasteiger partial charge in [-0.15, -0.1) is 0 Å². The largest absolute Gasteiger partial charge is 0.308 e. The van der Waals surface area contributed by atoms with Gasteiger partial charge in [-0.2, -0.15) is 16.9 Å². The lowest BCUT2D eigenvalue weighted by Gasteiger charge is -2.26. The first-order chi connectivity index (χ1) is 10.1. The normalized spacial score (nSPS) is 20.3. The first-order valence-corrected chi connectivity index (χ1v) is 9.68. The van der Waals surface area contributed by atoms with Gasteiger partial charge in [0.2, 0.25) is 0 Å². The summed E-state index contributed by atoms with van der Waals surface area (Å²) in [4.78, 5) is 2.21. The van der Waals surface area contributed by atoms with Gasteiger partial charge in [0.1, 0.15) is 0 Å². The summed E-state index contributed by atoms with van der Waals surface area (Å²) >= 11 is 5.82. The fraction of sp³-hybridized carbons (Fsp3) is 0.800. The molecule has 0 spiro atoms. The standard InChI is InChI=1S/C15H27BrN4S/c1-4-7-17-14(13-6-5-10-21-13)15-12(16)11-18-20(15)9-8-19(2)3/h11,13-14,17H,4-10H2,1-3H3. The maximum atomic E-state index is 4.58. The van der Waals surface area contributed by atoms with Crippen LogP contribution in [0.4, 0.5) is 0 Å². The molecule has 0 aliphatic carbocycles. The third kappa shape index (κ3) is 4.71. The first kappa shape index (κ1) is 17.3. The van der Waals surface area contributed by atoms with Crippen LogP contribution in [0.2, 0.25) is 0 Å². The maximum Gasteiger partial charge on any atom is 0.0707 e. The number of rotatable bonds is 8. The van der Waals surface area contributed by atoms with Crippen molar-refractivity contribution in [3.05, 3.63) is 16.4 Å². The van der Waals surface area contributed by atoms with Crippen LogP contribution in [-0.2, 0) is 6.54 Å². The van der Waals surface area contributed by atoms with Crippen molar-refractivity contribution in [3.8, 4) is 0 Å². The Labute approximate surface area is 141 Å². The average Bonchev–Trinajstić information content (AvgIpc) is 3.09. The van der Waals surface area contributed by atoms with E-state index in [9.17, 15) is 0 Å². The maximum absolute atomic E-state index is 4.58. The van der Waals surface area contributed by atoms with Gasteiger partial charge in [0.15, 0.2) is 0 Å². The highest BCUT2D eigenvalue weighted by Gasteiger charge is 2.30. The van der Waals surface area contributed by atoms with Gasteiger partial charge in [0.25, 0.3) is 0 Å². The van der Waals surface area contributed by atoms with Gasteiger partial charge in [0, 0.05) is 11.8 Å². The monoisotopic (exact) mass is 374 g/mol. The molecule has 0 aromatic carbocycles. The molecule has 1 N–H and O–H groups in total. The van der Waals surface area contributed by atoms with Gasteiger partial charge in [-0.3, -0.25) is 4.68 Å². The minimum absolute atomic E-state index is 0.400. The second kappa shape index (κ2) is 8.56. The van der Waals surface area contributed by atoms with Crippen LogP contribution in [-0.4, -0.2) is 52.9 Å². The van der Waals surface area contributed by atoms with E-state index in [0.29, 0.717) is 11.3 Å². The zero-order valence-electron chi connectivity index (χ0n) is 13.3. The van der Waals surface area contributed by atoms with Gasteiger partial charge < -0.3 is 10.2 Å². The van der Waals surface area contributed by atoms with Gasteiger partial charge in [0.05, 0.1) is 29.0 Å². The van der Waals surface area contributed by atoms with E-state index in [2.05, 4.69) is 68.7 Å². The summed E-state index contributed by atoms with van der Waals surface area (Å²) in [5.41, 5.74) is 1.32. The fourth-order valence-electron chi connectivity index (χ4n) is 2.72. The number of likely N-dealkylation sites (N-methyl/N-ethyl adjacent to an activating group) is 1. The van der Waals surface area contributed by atoms with Gasteiger partial charge >= 0.3 is 0 Å². The Morgan fingerprint density at radius 2 is 2.38 bits per heavy atom. The summed E-state index contributed by atoms with van der Waals surface area (Å²) < 4.78 is 3.32. The molecule has 6 heteroatoms. The molecule has 1 fully saturated rings. The molecule has 1 aliphatic heterocycles. The van der Waals surface area contributed by atoms with Crippen molar-refractivity contribution in [1.29, 1.82) is 0 Å². The van der Waals surface area contributed by atoms with Crippen molar-refractivity contribution >= 4 is 27.7 Å². The van der Waals surface area contributed by atoms with E-state index < -0.39 is 0 Å². The van der Waals surface area contributed by atoms with Crippen LogP contribution in [0.3, 0.4) is 0 Å². The second-order valence-corrected chi connectivity index (χ2v) is 8.09. The summed E-state index contributed by atoms with van der Waals surface area (Å²) in [6.45, 7) is 5.24. The molecule has 1 aromatic rings. The third-order valence-electron chi connectivity index (χ3n) is 3.84. The Morgan fingerprint density at radius 3 is 3.00 bits per heavy atom. The molecule has 0 bridgehead atoms. The summed E-state index contributed by atoms with van der Waals surface area (Å²) in [6.07, 6.45) is 5.75. The van der Waals surface area contributed by atoms with Gasteiger partial charge in [-0.25, -0.2) is 0 Å². The molecule has 120 valence electrons. The van der Waals surface area contributed by atoms with E-state index in [1.807, 2.05) is 6.20 Å². The molecule has 2 heterocycles. The molecule has 21 heavy (non-hydrogen) atoms. The van der Waals surface area contributed by atoms with E-state index in [0.717, 1.165) is 30.5 Å². The highest BCUT2D eigenvalue weighted by atomic mass is 79.9. The number of nitrogens with zero attached hydrogens (tertiary/aromatic N) is 3. The molecular formula is C15H27BrN4S. The second-order valence-electron chi connectivity index (χ2n) is 5.89. The smallest absolute Gasteiger partial charge is 0.0707 e. The number of hydrogen-bond acceptors (Lipinski definition) is 4. The van der Waals surface area contributed by atoms with E-state index in [1.165, 1.54) is 24.3 Å². The Kier molecular flexibility index (Phi) is 7.05. The molecule has 0 saturated carbocycles. The molecular weight excluding hydrogens is 348 g/mol. The van der Waals surface area contributed by atoms with Crippen LogP contribution in [0.1, 0.15) is 37.9 Å². The number of aromatic nitrogens is 2. The fourth-order valence-corrected chi connectivity index (χ4v) is 4.65. The summed E-state index contributed by atoms with van der Waals surface area (Å²) in [5, 5.41) is 9.01. The summed E-state index contributed by atoms with van der Waals surface area (Å²) in [6, 6.07) is 0.400. The van der Waals surface area contributed by atoms with E-state index in [1.54, 1.807) is 0 Å². The van der Waals surface area contributed by atoms with E-state index >= 15 is 0 Å². The molecule has 2 rings (SSSR count). The predicted octanol–water partition coefficient (Wildman–Crippen LogP) is 3.14. The lowest BCUT2D eigenvalue weighted by molar-refractivity contribution is 0.360. The molecule has 1 aromatic heterocycles. The third-order valence-corrected chi connectivity index (χ3v) is 5.91. The average molecular weight is 375 g/mol. The number of halogens is 1. The summed E-state index contributed by atoms with van der Waals surface area (Å²) in [5.74, 6) is 1.29. The van der Waals surface area contributed by atoms with E-state index in [4.69, 9.17) is 0 Å². The van der Waals surface area contributed by atoms with Crippen molar-refractivity contribution in [1.82, 2.24) is 20.0 Å². The van der Waals surface area contributed by atoms with Crippen LogP contribution >= 0.6 is 27.7 Å². The Bertz CT molecular complexity index is 429. The summed E-state index contributed by atoms with van der Waals surface area (Å²) in [7, 11) is 4.22. The van der Waals surface area contributed by atoms with Gasteiger partial charge in [-0.1, -0.05) is 6.92 Å². The highest BCUT2D eigenvalue weighted by molar-refractivity contribution is 9.10. The zero-order chi connectivity index (χ0) is 15.2. The molecule has 1 aliphatic rings. The van der Waals surface area contributed by atoms with Crippen LogP contribution in [0.15, 0.2) is 10.7 Å². The van der Waals surface area contributed by atoms with Crippen LogP contribution in [0.5, 0.6) is 0 Å². The van der Waals surface area contributed by atoms with Crippen molar-refractivity contribution in [3.63, 3.8) is 0 Å². The van der Waals surface area contributed by atoms with Crippen molar-refractivity contribution < 1.29 is 0 Å². The van der Waals surface area contributed by atoms with Crippen LogP contribution in [0, 0.1) is 0 Å². The number of hydrogen-bond donors (Lipinski definition) is 1. The highest BCUT2D eigenvalue weighted by Crippen LogP contribution is 2.38. The van der Waals surface area contributed by atoms with Crippen molar-refractivity contribution in [2.45, 2.75) is 44.0 Å².